The molecule has 1 N–H and O–H groups in total. The molecule has 0 fully saturated rings. The van der Waals surface area contributed by atoms with Crippen LogP contribution < -0.4 is 5.32 Å². The molecule has 21 heavy (non-hydrogen) atoms. The lowest BCUT2D eigenvalue weighted by molar-refractivity contribution is -0.385. The molecule has 0 unspecified atom stereocenters. The van der Waals surface area contributed by atoms with Crippen molar-refractivity contribution >= 4 is 33.2 Å². The molecule has 6 heteroatoms. The molecular weight excluding hydrogens is 356 g/mol. The van der Waals surface area contributed by atoms with Gasteiger partial charge in [-0.25, -0.2) is 0 Å². The Balaban J connectivity index is 2.04. The highest BCUT2D eigenvalue weighted by molar-refractivity contribution is 9.10. The van der Waals surface area contributed by atoms with Crippen LogP contribution in [0.2, 0.25) is 5.02 Å². The highest BCUT2D eigenvalue weighted by Crippen LogP contribution is 2.26. The molecule has 0 aliphatic carbocycles. The third kappa shape index (κ3) is 4.27. The van der Waals surface area contributed by atoms with E-state index < -0.39 is 4.92 Å². The van der Waals surface area contributed by atoms with Crippen LogP contribution in [0.1, 0.15) is 24.1 Å². The molecule has 2 rings (SSSR count). The van der Waals surface area contributed by atoms with Crippen LogP contribution in [0.5, 0.6) is 0 Å². The van der Waals surface area contributed by atoms with Gasteiger partial charge in [0.05, 0.1) is 9.40 Å². The number of benzene rings is 2. The molecule has 2 aromatic rings. The first-order chi connectivity index (χ1) is 9.97. The lowest BCUT2D eigenvalue weighted by atomic mass is 10.1. The zero-order chi connectivity index (χ0) is 15.4. The van der Waals surface area contributed by atoms with Crippen LogP contribution >= 0.6 is 27.5 Å². The van der Waals surface area contributed by atoms with Gasteiger partial charge in [0.25, 0.3) is 5.69 Å². The normalized spacial score (nSPS) is 12.1. The van der Waals surface area contributed by atoms with Gasteiger partial charge in [-0.15, -0.1) is 0 Å². The van der Waals surface area contributed by atoms with E-state index in [9.17, 15) is 10.1 Å². The lowest BCUT2D eigenvalue weighted by Gasteiger charge is -2.14. The number of hydrogen-bond acceptors (Lipinski definition) is 3. The van der Waals surface area contributed by atoms with Gasteiger partial charge in [0.2, 0.25) is 0 Å². The summed E-state index contributed by atoms with van der Waals surface area (Å²) >= 11 is 9.04. The maximum atomic E-state index is 10.9. The summed E-state index contributed by atoms with van der Waals surface area (Å²) in [5.41, 5.74) is 2.06. The van der Waals surface area contributed by atoms with Crippen LogP contribution in [0.4, 0.5) is 5.69 Å². The van der Waals surface area contributed by atoms with E-state index in [-0.39, 0.29) is 11.7 Å². The minimum atomic E-state index is -0.393. The maximum Gasteiger partial charge on any atom is 0.283 e. The summed E-state index contributed by atoms with van der Waals surface area (Å²) in [5.74, 6) is 0. The van der Waals surface area contributed by atoms with Gasteiger partial charge < -0.3 is 5.32 Å². The number of halogens is 2. The van der Waals surface area contributed by atoms with Crippen LogP contribution in [0, 0.1) is 10.1 Å². The largest absolute Gasteiger partial charge is 0.306 e. The highest BCUT2D eigenvalue weighted by atomic mass is 79.9. The van der Waals surface area contributed by atoms with Crippen molar-refractivity contribution in [3.05, 3.63) is 73.2 Å². The first-order valence-electron chi connectivity index (χ1n) is 6.39. The quantitative estimate of drug-likeness (QED) is 0.605. The van der Waals surface area contributed by atoms with E-state index in [0.717, 1.165) is 11.1 Å². The number of rotatable bonds is 5. The predicted molar refractivity (Wildman–Crippen MR) is 87.5 cm³/mol. The second-order valence-corrected chi connectivity index (χ2v) is 5.99. The van der Waals surface area contributed by atoms with E-state index in [4.69, 9.17) is 11.6 Å². The highest BCUT2D eigenvalue weighted by Gasteiger charge is 2.12. The second-order valence-electron chi connectivity index (χ2n) is 4.70. The number of nitrogens with one attached hydrogen (secondary N) is 1. The van der Waals surface area contributed by atoms with E-state index in [0.29, 0.717) is 16.0 Å². The Kier molecular flexibility index (Phi) is 5.33. The van der Waals surface area contributed by atoms with E-state index >= 15 is 0 Å². The summed E-state index contributed by atoms with van der Waals surface area (Å²) in [6.45, 7) is 2.59. The fraction of sp³-hybridized carbons (Fsp3) is 0.200. The molecule has 0 aliphatic heterocycles. The summed E-state index contributed by atoms with van der Waals surface area (Å²) < 4.78 is 0.488. The molecule has 0 aliphatic rings. The Hall–Kier alpha value is -1.43. The van der Waals surface area contributed by atoms with E-state index in [1.165, 1.54) is 0 Å². The molecule has 0 heterocycles. The predicted octanol–water partition coefficient (Wildman–Crippen LogP) is 4.86. The number of hydrogen-bond donors (Lipinski definition) is 1. The van der Waals surface area contributed by atoms with Crippen LogP contribution in [0.15, 0.2) is 46.9 Å². The van der Waals surface area contributed by atoms with E-state index in [1.807, 2.05) is 37.3 Å². The van der Waals surface area contributed by atoms with Crippen molar-refractivity contribution in [1.82, 2.24) is 5.32 Å². The van der Waals surface area contributed by atoms with Crippen molar-refractivity contribution in [3.63, 3.8) is 0 Å². The first kappa shape index (κ1) is 15.9. The van der Waals surface area contributed by atoms with Crippen molar-refractivity contribution < 1.29 is 4.92 Å². The van der Waals surface area contributed by atoms with Crippen LogP contribution in [-0.4, -0.2) is 4.92 Å². The van der Waals surface area contributed by atoms with E-state index in [2.05, 4.69) is 21.2 Å². The average molecular weight is 370 g/mol. The molecule has 0 aromatic heterocycles. The third-order valence-corrected chi connectivity index (χ3v) is 4.11. The Morgan fingerprint density at radius 1 is 1.29 bits per heavy atom. The van der Waals surface area contributed by atoms with Crippen LogP contribution in [0.3, 0.4) is 0 Å². The Bertz CT molecular complexity index is 647. The molecule has 110 valence electrons. The van der Waals surface area contributed by atoms with E-state index in [1.54, 1.807) is 12.1 Å². The molecular formula is C15H14BrClN2O2. The maximum absolute atomic E-state index is 10.9. The average Bonchev–Trinajstić information content (AvgIpc) is 2.46. The molecule has 0 amide bonds. The first-order valence-corrected chi connectivity index (χ1v) is 7.56. The third-order valence-electron chi connectivity index (χ3n) is 3.19. The molecule has 0 saturated carbocycles. The minimum Gasteiger partial charge on any atom is -0.306 e. The Labute approximate surface area is 136 Å². The Morgan fingerprint density at radius 2 is 1.95 bits per heavy atom. The molecule has 1 atom stereocenters. The monoisotopic (exact) mass is 368 g/mol. The van der Waals surface area contributed by atoms with Gasteiger partial charge in [-0.2, -0.15) is 0 Å². The van der Waals surface area contributed by atoms with Gasteiger partial charge in [-0.1, -0.05) is 29.8 Å². The molecule has 0 radical (unpaired) electrons. The van der Waals surface area contributed by atoms with Gasteiger partial charge in [0.15, 0.2) is 0 Å². The molecule has 2 aromatic carbocycles. The topological polar surface area (TPSA) is 55.2 Å². The van der Waals surface area contributed by atoms with Gasteiger partial charge in [0, 0.05) is 23.7 Å². The van der Waals surface area contributed by atoms with Crippen molar-refractivity contribution in [2.45, 2.75) is 19.5 Å². The minimum absolute atomic E-state index is 0.0773. The number of nitro benzene ring substituents is 1. The summed E-state index contributed by atoms with van der Waals surface area (Å²) in [4.78, 5) is 10.5. The van der Waals surface area contributed by atoms with Crippen molar-refractivity contribution in [2.75, 3.05) is 0 Å². The second kappa shape index (κ2) is 7.02. The van der Waals surface area contributed by atoms with Gasteiger partial charge in [0.1, 0.15) is 0 Å². The number of nitro groups is 1. The molecule has 0 spiro atoms. The van der Waals surface area contributed by atoms with Crippen LogP contribution in [-0.2, 0) is 6.54 Å². The Morgan fingerprint density at radius 3 is 2.57 bits per heavy atom. The summed E-state index contributed by atoms with van der Waals surface area (Å²) in [7, 11) is 0. The SMILES string of the molecule is C[C@@H](NCc1ccc(Br)c([N+](=O)[O-])c1)c1ccc(Cl)cc1. The molecule has 4 nitrogen and oxygen atoms in total. The lowest BCUT2D eigenvalue weighted by Crippen LogP contribution is -2.18. The summed E-state index contributed by atoms with van der Waals surface area (Å²) in [6, 6.07) is 12.9. The van der Waals surface area contributed by atoms with Gasteiger partial charge in [-0.3, -0.25) is 10.1 Å². The smallest absolute Gasteiger partial charge is 0.283 e. The van der Waals surface area contributed by atoms with Crippen molar-refractivity contribution in [3.8, 4) is 0 Å². The fourth-order valence-corrected chi connectivity index (χ4v) is 2.47. The van der Waals surface area contributed by atoms with Crippen molar-refractivity contribution in [1.29, 1.82) is 0 Å². The summed E-state index contributed by atoms with van der Waals surface area (Å²) in [6.07, 6.45) is 0. The van der Waals surface area contributed by atoms with Crippen molar-refractivity contribution in [2.24, 2.45) is 0 Å². The zero-order valence-electron chi connectivity index (χ0n) is 11.3. The fourth-order valence-electron chi connectivity index (χ4n) is 1.95. The standard InChI is InChI=1S/C15H14BrClN2O2/c1-10(12-3-5-13(17)6-4-12)18-9-11-2-7-14(16)15(8-11)19(20)21/h2-8,10,18H,9H2,1H3/t10-/m1/s1. The molecule has 0 saturated heterocycles. The van der Waals surface area contributed by atoms with Crippen LogP contribution in [0.25, 0.3) is 0 Å². The van der Waals surface area contributed by atoms with Gasteiger partial charge >= 0.3 is 0 Å². The van der Waals surface area contributed by atoms with Gasteiger partial charge in [-0.05, 0) is 52.2 Å². The number of nitrogens with zero attached hydrogens (tertiary/aromatic N) is 1. The summed E-state index contributed by atoms with van der Waals surface area (Å²) in [5, 5.41) is 15.0. The zero-order valence-corrected chi connectivity index (χ0v) is 13.7. The molecule has 0 bridgehead atoms.